The minimum atomic E-state index is -4.71. The molecule has 0 atom stereocenters. The fraction of sp³-hybridized carbons (Fsp3) is 0.0667. The van der Waals surface area contributed by atoms with Crippen molar-refractivity contribution in [3.8, 4) is 11.5 Å². The Labute approximate surface area is 154 Å². The van der Waals surface area contributed by atoms with Crippen LogP contribution in [0.15, 0.2) is 30.3 Å². The first kappa shape index (κ1) is 19.7. The zero-order valence-corrected chi connectivity index (χ0v) is 14.0. The lowest BCUT2D eigenvalue weighted by atomic mass is 10.1. The number of halogens is 5. The molecule has 11 heteroatoms. The van der Waals surface area contributed by atoms with Crippen molar-refractivity contribution in [3.05, 3.63) is 45.9 Å². The van der Waals surface area contributed by atoms with E-state index in [2.05, 4.69) is 0 Å². The van der Waals surface area contributed by atoms with Crippen LogP contribution in [0.2, 0.25) is 10.0 Å². The molecule has 2 aromatic carbocycles. The van der Waals surface area contributed by atoms with Crippen molar-refractivity contribution in [3.63, 3.8) is 0 Å². The van der Waals surface area contributed by atoms with Gasteiger partial charge in [0, 0.05) is 5.02 Å². The summed E-state index contributed by atoms with van der Waals surface area (Å²) in [6.45, 7) is 0. The molecule has 2 rings (SSSR count). The Kier molecular flexibility index (Phi) is 5.53. The molecule has 6 nitrogen and oxygen atoms in total. The van der Waals surface area contributed by atoms with Gasteiger partial charge in [-0.15, -0.1) is 0 Å². The third kappa shape index (κ3) is 4.50. The Morgan fingerprint density at radius 2 is 1.50 bits per heavy atom. The highest BCUT2D eigenvalue weighted by atomic mass is 35.5. The van der Waals surface area contributed by atoms with Crippen molar-refractivity contribution >= 4 is 46.4 Å². The number of hydrogen-bond donors (Lipinski definition) is 4. The monoisotopic (exact) mass is 408 g/mol. The van der Waals surface area contributed by atoms with Gasteiger partial charge in [-0.3, -0.25) is 9.59 Å². The van der Waals surface area contributed by atoms with Crippen LogP contribution in [-0.4, -0.2) is 22.0 Å². The number of nitrogens with one attached hydrogen (secondary N) is 2. The van der Waals surface area contributed by atoms with Gasteiger partial charge in [-0.1, -0.05) is 23.2 Å². The van der Waals surface area contributed by atoms with Crippen LogP contribution >= 0.6 is 23.2 Å². The summed E-state index contributed by atoms with van der Waals surface area (Å²) < 4.78 is 38.0. The van der Waals surface area contributed by atoms with Crippen LogP contribution in [-0.2, 0) is 15.8 Å². The zero-order chi connectivity index (χ0) is 19.6. The van der Waals surface area contributed by atoms with Crippen molar-refractivity contribution < 1.29 is 33.0 Å². The fourth-order valence-corrected chi connectivity index (χ4v) is 2.33. The van der Waals surface area contributed by atoms with Crippen molar-refractivity contribution in [1.82, 2.24) is 0 Å². The van der Waals surface area contributed by atoms with Gasteiger partial charge in [0.05, 0.1) is 22.0 Å². The number of benzene rings is 2. The summed E-state index contributed by atoms with van der Waals surface area (Å²) in [5.74, 6) is -3.96. The van der Waals surface area contributed by atoms with E-state index in [1.807, 2.05) is 10.6 Å². The lowest BCUT2D eigenvalue weighted by molar-refractivity contribution is -0.137. The van der Waals surface area contributed by atoms with Crippen molar-refractivity contribution in [2.45, 2.75) is 6.18 Å². The Morgan fingerprint density at radius 3 is 2.08 bits per heavy atom. The highest BCUT2D eigenvalue weighted by Crippen LogP contribution is 2.36. The summed E-state index contributed by atoms with van der Waals surface area (Å²) in [4.78, 5) is 23.7. The van der Waals surface area contributed by atoms with Crippen LogP contribution in [0, 0.1) is 0 Å². The molecule has 0 aliphatic carbocycles. The van der Waals surface area contributed by atoms with E-state index < -0.39 is 40.7 Å². The quantitative estimate of drug-likeness (QED) is 0.445. The minimum Gasteiger partial charge on any atom is -0.506 e. The minimum absolute atomic E-state index is 0.0547. The van der Waals surface area contributed by atoms with E-state index in [0.29, 0.717) is 12.1 Å². The SMILES string of the molecule is O=C(Nc1cc(C(F)(F)F)ccc1O)C(=O)Nc1cc(Cl)cc(Cl)c1O. The molecular weight excluding hydrogens is 400 g/mol. The number of anilines is 2. The lowest BCUT2D eigenvalue weighted by Gasteiger charge is -2.12. The first-order valence-corrected chi connectivity index (χ1v) is 7.45. The van der Waals surface area contributed by atoms with Crippen molar-refractivity contribution in [2.24, 2.45) is 0 Å². The van der Waals surface area contributed by atoms with Crippen LogP contribution in [0.1, 0.15) is 5.56 Å². The summed E-state index contributed by atoms with van der Waals surface area (Å²) in [6, 6.07) is 4.09. The fourth-order valence-electron chi connectivity index (χ4n) is 1.83. The van der Waals surface area contributed by atoms with E-state index >= 15 is 0 Å². The van der Waals surface area contributed by atoms with Gasteiger partial charge in [0.1, 0.15) is 5.75 Å². The van der Waals surface area contributed by atoms with Gasteiger partial charge in [0.2, 0.25) is 0 Å². The topological polar surface area (TPSA) is 98.7 Å². The highest BCUT2D eigenvalue weighted by molar-refractivity contribution is 6.44. The second-order valence-electron chi connectivity index (χ2n) is 4.92. The molecule has 2 aromatic rings. The van der Waals surface area contributed by atoms with Crippen molar-refractivity contribution in [1.29, 1.82) is 0 Å². The lowest BCUT2D eigenvalue weighted by Crippen LogP contribution is -2.29. The summed E-state index contributed by atoms with van der Waals surface area (Å²) in [7, 11) is 0. The molecule has 0 heterocycles. The van der Waals surface area contributed by atoms with E-state index in [0.717, 1.165) is 12.1 Å². The summed E-state index contributed by atoms with van der Waals surface area (Å²) in [5, 5.41) is 23.0. The van der Waals surface area contributed by atoms with Gasteiger partial charge in [-0.2, -0.15) is 13.2 Å². The molecule has 0 saturated heterocycles. The molecule has 0 bridgehead atoms. The maximum atomic E-state index is 12.7. The third-order valence-corrected chi connectivity index (χ3v) is 3.56. The first-order chi connectivity index (χ1) is 12.0. The number of phenolic OH excluding ortho intramolecular Hbond substituents is 2. The summed E-state index contributed by atoms with van der Waals surface area (Å²) >= 11 is 11.4. The number of aromatic hydroxyl groups is 2. The van der Waals surface area contributed by atoms with Crippen molar-refractivity contribution in [2.75, 3.05) is 10.6 Å². The van der Waals surface area contributed by atoms with E-state index in [-0.39, 0.29) is 15.7 Å². The Morgan fingerprint density at radius 1 is 0.923 bits per heavy atom. The average Bonchev–Trinajstić information content (AvgIpc) is 2.52. The zero-order valence-electron chi connectivity index (χ0n) is 12.5. The Balaban J connectivity index is 2.19. The van der Waals surface area contributed by atoms with E-state index in [1.165, 1.54) is 6.07 Å². The maximum absolute atomic E-state index is 12.7. The van der Waals surface area contributed by atoms with Gasteiger partial charge in [0.15, 0.2) is 5.75 Å². The molecule has 26 heavy (non-hydrogen) atoms. The predicted octanol–water partition coefficient (Wildman–Crippen LogP) is 4.00. The van der Waals surface area contributed by atoms with E-state index in [1.54, 1.807) is 0 Å². The van der Waals surface area contributed by atoms with E-state index in [4.69, 9.17) is 23.2 Å². The number of rotatable bonds is 2. The van der Waals surface area contributed by atoms with Crippen LogP contribution in [0.4, 0.5) is 24.5 Å². The highest BCUT2D eigenvalue weighted by Gasteiger charge is 2.31. The van der Waals surface area contributed by atoms with Crippen LogP contribution in [0.3, 0.4) is 0 Å². The molecule has 0 radical (unpaired) electrons. The maximum Gasteiger partial charge on any atom is 0.416 e. The third-order valence-electron chi connectivity index (χ3n) is 3.05. The number of amides is 2. The number of phenols is 2. The number of carbonyl (C=O) groups excluding carboxylic acids is 2. The summed E-state index contributed by atoms with van der Waals surface area (Å²) in [6.07, 6.45) is -4.71. The average molecular weight is 409 g/mol. The largest absolute Gasteiger partial charge is 0.506 e. The predicted molar refractivity (Wildman–Crippen MR) is 88.5 cm³/mol. The molecule has 0 aliphatic heterocycles. The first-order valence-electron chi connectivity index (χ1n) is 6.69. The molecule has 0 saturated carbocycles. The van der Waals surface area contributed by atoms with Gasteiger partial charge in [-0.25, -0.2) is 0 Å². The van der Waals surface area contributed by atoms with Crippen LogP contribution in [0.5, 0.6) is 11.5 Å². The molecule has 2 amide bonds. The smallest absolute Gasteiger partial charge is 0.416 e. The molecule has 0 aliphatic rings. The van der Waals surface area contributed by atoms with Gasteiger partial charge in [0.25, 0.3) is 0 Å². The van der Waals surface area contributed by atoms with Gasteiger partial charge < -0.3 is 20.8 Å². The van der Waals surface area contributed by atoms with Crippen LogP contribution in [0.25, 0.3) is 0 Å². The molecule has 0 spiro atoms. The van der Waals surface area contributed by atoms with E-state index in [9.17, 15) is 33.0 Å². The summed E-state index contributed by atoms with van der Waals surface area (Å²) in [5.41, 5.74) is -2.03. The molecular formula is C15H9Cl2F3N2O4. The van der Waals surface area contributed by atoms with Gasteiger partial charge >= 0.3 is 18.0 Å². The molecule has 4 N–H and O–H groups in total. The number of carbonyl (C=O) groups is 2. The van der Waals surface area contributed by atoms with Crippen LogP contribution < -0.4 is 10.6 Å². The Hall–Kier alpha value is -2.65. The molecule has 138 valence electrons. The Bertz CT molecular complexity index is 888. The molecule has 0 aromatic heterocycles. The van der Waals surface area contributed by atoms with Gasteiger partial charge in [-0.05, 0) is 30.3 Å². The second-order valence-corrected chi connectivity index (χ2v) is 5.77. The standard InChI is InChI=1S/C15H9Cl2F3N2O4/c16-7-4-8(17)12(24)10(5-7)22-14(26)13(25)21-9-3-6(15(18,19)20)1-2-11(9)23/h1-5,23-24H,(H,21,25)(H,22,26). The number of alkyl halides is 3. The molecule has 0 unspecified atom stereocenters. The number of hydrogen-bond acceptors (Lipinski definition) is 4. The normalized spacial score (nSPS) is 11.1. The molecule has 0 fully saturated rings. The second kappa shape index (κ2) is 7.30.